The highest BCUT2D eigenvalue weighted by molar-refractivity contribution is 7.89. The van der Waals surface area contributed by atoms with Crippen molar-refractivity contribution in [1.29, 1.82) is 0 Å². The largest absolute Gasteiger partial charge is 0.496 e. The van der Waals surface area contributed by atoms with Crippen molar-refractivity contribution in [1.82, 2.24) is 10.0 Å². The standard InChI is InChI=1S/C20H26N2O5S/c1-5-27-18-11-10-17(12-14(18)2)28(24,25)22-15(3)20(23)21-13-16-8-6-7-9-19(16)26-4/h6-12,15,22H,5,13H2,1-4H3,(H,21,23)/t15-/m0/s1. The van der Waals surface area contributed by atoms with Crippen LogP contribution in [0.25, 0.3) is 0 Å². The molecule has 0 aliphatic rings. The van der Waals surface area contributed by atoms with Crippen molar-refractivity contribution in [2.75, 3.05) is 13.7 Å². The Hall–Kier alpha value is -2.58. The number of benzene rings is 2. The Morgan fingerprint density at radius 1 is 1.14 bits per heavy atom. The van der Waals surface area contributed by atoms with E-state index in [4.69, 9.17) is 9.47 Å². The molecule has 0 saturated carbocycles. The monoisotopic (exact) mass is 406 g/mol. The molecule has 1 amide bonds. The number of methoxy groups -OCH3 is 1. The van der Waals surface area contributed by atoms with Gasteiger partial charge in [-0.3, -0.25) is 4.79 Å². The predicted octanol–water partition coefficient (Wildman–Crippen LogP) is 2.39. The zero-order valence-corrected chi connectivity index (χ0v) is 17.3. The van der Waals surface area contributed by atoms with Crippen LogP contribution in [-0.2, 0) is 21.4 Å². The molecule has 1 atom stereocenters. The van der Waals surface area contributed by atoms with Gasteiger partial charge < -0.3 is 14.8 Å². The smallest absolute Gasteiger partial charge is 0.241 e. The van der Waals surface area contributed by atoms with Crippen LogP contribution >= 0.6 is 0 Å². The molecule has 2 aromatic rings. The first-order valence-electron chi connectivity index (χ1n) is 8.94. The fourth-order valence-corrected chi connectivity index (χ4v) is 3.93. The number of rotatable bonds is 9. The first-order chi connectivity index (χ1) is 13.3. The molecule has 0 spiro atoms. The third kappa shape index (κ3) is 5.46. The number of carbonyl (C=O) groups excluding carboxylic acids is 1. The number of sulfonamides is 1. The summed E-state index contributed by atoms with van der Waals surface area (Å²) in [5, 5.41) is 2.72. The van der Waals surface area contributed by atoms with Gasteiger partial charge in [-0.05, 0) is 50.6 Å². The number of hydrogen-bond acceptors (Lipinski definition) is 5. The molecule has 0 aliphatic heterocycles. The molecule has 0 aromatic heterocycles. The van der Waals surface area contributed by atoms with Crippen molar-refractivity contribution in [3.63, 3.8) is 0 Å². The first-order valence-corrected chi connectivity index (χ1v) is 10.4. The van der Waals surface area contributed by atoms with Gasteiger partial charge in [-0.2, -0.15) is 4.72 Å². The fourth-order valence-electron chi connectivity index (χ4n) is 2.65. The van der Waals surface area contributed by atoms with E-state index in [1.165, 1.54) is 19.1 Å². The average Bonchev–Trinajstić information content (AvgIpc) is 2.67. The van der Waals surface area contributed by atoms with Gasteiger partial charge in [0, 0.05) is 12.1 Å². The van der Waals surface area contributed by atoms with Gasteiger partial charge in [0.15, 0.2) is 0 Å². The first kappa shape index (κ1) is 21.7. The summed E-state index contributed by atoms with van der Waals surface area (Å²) in [6.07, 6.45) is 0. The number of para-hydroxylation sites is 1. The molecule has 0 aliphatic carbocycles. The molecule has 0 saturated heterocycles. The molecule has 2 aromatic carbocycles. The molecule has 0 unspecified atom stereocenters. The Morgan fingerprint density at radius 3 is 2.50 bits per heavy atom. The second-order valence-electron chi connectivity index (χ2n) is 6.23. The SMILES string of the molecule is CCOc1ccc(S(=O)(=O)N[C@@H](C)C(=O)NCc2ccccc2OC)cc1C. The number of carbonyl (C=O) groups is 1. The third-order valence-corrected chi connectivity index (χ3v) is 5.67. The molecule has 0 fully saturated rings. The van der Waals surface area contributed by atoms with Gasteiger partial charge in [0.1, 0.15) is 11.5 Å². The molecule has 8 heteroatoms. The number of hydrogen-bond donors (Lipinski definition) is 2. The average molecular weight is 407 g/mol. The van der Waals surface area contributed by atoms with Crippen molar-refractivity contribution >= 4 is 15.9 Å². The van der Waals surface area contributed by atoms with Gasteiger partial charge in [0.25, 0.3) is 0 Å². The molecule has 0 heterocycles. The van der Waals surface area contributed by atoms with Crippen LogP contribution in [0.4, 0.5) is 0 Å². The van der Waals surface area contributed by atoms with Gasteiger partial charge in [0.2, 0.25) is 15.9 Å². The highest BCUT2D eigenvalue weighted by atomic mass is 32.2. The topological polar surface area (TPSA) is 93.7 Å². The van der Waals surface area contributed by atoms with E-state index in [9.17, 15) is 13.2 Å². The number of nitrogens with one attached hydrogen (secondary N) is 2. The van der Waals surface area contributed by atoms with E-state index < -0.39 is 22.0 Å². The lowest BCUT2D eigenvalue weighted by Crippen LogP contribution is -2.44. The van der Waals surface area contributed by atoms with Gasteiger partial charge in [-0.25, -0.2) is 8.42 Å². The number of ether oxygens (including phenoxy) is 2. The Balaban J connectivity index is 2.03. The predicted molar refractivity (Wildman–Crippen MR) is 107 cm³/mol. The highest BCUT2D eigenvalue weighted by Crippen LogP contribution is 2.22. The van der Waals surface area contributed by atoms with E-state index in [2.05, 4.69) is 10.0 Å². The summed E-state index contributed by atoms with van der Waals surface area (Å²) >= 11 is 0. The molecule has 28 heavy (non-hydrogen) atoms. The summed E-state index contributed by atoms with van der Waals surface area (Å²) in [7, 11) is -2.29. The Labute approximate surface area is 166 Å². The minimum atomic E-state index is -3.85. The minimum absolute atomic E-state index is 0.0813. The van der Waals surface area contributed by atoms with Gasteiger partial charge in [0.05, 0.1) is 24.7 Å². The molecular weight excluding hydrogens is 380 g/mol. The van der Waals surface area contributed by atoms with E-state index in [-0.39, 0.29) is 11.4 Å². The van der Waals surface area contributed by atoms with E-state index >= 15 is 0 Å². The lowest BCUT2D eigenvalue weighted by Gasteiger charge is -2.16. The van der Waals surface area contributed by atoms with Crippen LogP contribution in [0.1, 0.15) is 25.0 Å². The second kappa shape index (κ2) is 9.57. The van der Waals surface area contributed by atoms with Crippen molar-refractivity contribution < 1.29 is 22.7 Å². The van der Waals surface area contributed by atoms with Crippen molar-refractivity contribution in [2.24, 2.45) is 0 Å². The summed E-state index contributed by atoms with van der Waals surface area (Å²) in [6, 6.07) is 10.9. The summed E-state index contributed by atoms with van der Waals surface area (Å²) in [4.78, 5) is 12.4. The molecule has 7 nitrogen and oxygen atoms in total. The molecule has 0 radical (unpaired) electrons. The number of amides is 1. The zero-order valence-electron chi connectivity index (χ0n) is 16.5. The van der Waals surface area contributed by atoms with Gasteiger partial charge in [-0.1, -0.05) is 18.2 Å². The minimum Gasteiger partial charge on any atom is -0.496 e. The molecular formula is C20H26N2O5S. The normalized spacial score (nSPS) is 12.3. The summed E-state index contributed by atoms with van der Waals surface area (Å²) < 4.78 is 38.3. The van der Waals surface area contributed by atoms with E-state index in [0.717, 1.165) is 5.56 Å². The maximum absolute atomic E-state index is 12.6. The van der Waals surface area contributed by atoms with Crippen LogP contribution < -0.4 is 19.5 Å². The van der Waals surface area contributed by atoms with Crippen LogP contribution in [0.2, 0.25) is 0 Å². The molecule has 2 rings (SSSR count). The Bertz CT molecular complexity index is 928. The number of aryl methyl sites for hydroxylation is 1. The lowest BCUT2D eigenvalue weighted by atomic mass is 10.2. The zero-order chi connectivity index (χ0) is 20.7. The van der Waals surface area contributed by atoms with Crippen LogP contribution in [0.5, 0.6) is 11.5 Å². The second-order valence-corrected chi connectivity index (χ2v) is 7.95. The summed E-state index contributed by atoms with van der Waals surface area (Å²) in [6.45, 7) is 5.85. The van der Waals surface area contributed by atoms with Crippen LogP contribution in [-0.4, -0.2) is 34.1 Å². The van der Waals surface area contributed by atoms with Crippen LogP contribution in [0, 0.1) is 6.92 Å². The summed E-state index contributed by atoms with van der Waals surface area (Å²) in [5.41, 5.74) is 1.51. The summed E-state index contributed by atoms with van der Waals surface area (Å²) in [5.74, 6) is 0.849. The van der Waals surface area contributed by atoms with Crippen molar-refractivity contribution in [3.8, 4) is 11.5 Å². The maximum Gasteiger partial charge on any atom is 0.241 e. The quantitative estimate of drug-likeness (QED) is 0.667. The van der Waals surface area contributed by atoms with E-state index in [1.54, 1.807) is 26.2 Å². The Morgan fingerprint density at radius 2 is 1.86 bits per heavy atom. The highest BCUT2D eigenvalue weighted by Gasteiger charge is 2.22. The maximum atomic E-state index is 12.6. The van der Waals surface area contributed by atoms with E-state index in [0.29, 0.717) is 23.7 Å². The van der Waals surface area contributed by atoms with Crippen molar-refractivity contribution in [2.45, 2.75) is 38.3 Å². The lowest BCUT2D eigenvalue weighted by molar-refractivity contribution is -0.122. The van der Waals surface area contributed by atoms with Crippen LogP contribution in [0.3, 0.4) is 0 Å². The fraction of sp³-hybridized carbons (Fsp3) is 0.350. The van der Waals surface area contributed by atoms with E-state index in [1.807, 2.05) is 25.1 Å². The molecule has 2 N–H and O–H groups in total. The third-order valence-electron chi connectivity index (χ3n) is 4.13. The van der Waals surface area contributed by atoms with Gasteiger partial charge in [-0.15, -0.1) is 0 Å². The molecule has 0 bridgehead atoms. The van der Waals surface area contributed by atoms with Crippen molar-refractivity contribution in [3.05, 3.63) is 53.6 Å². The Kier molecular flexibility index (Phi) is 7.42. The molecule has 152 valence electrons. The van der Waals surface area contributed by atoms with Gasteiger partial charge >= 0.3 is 0 Å². The van der Waals surface area contributed by atoms with Crippen LogP contribution in [0.15, 0.2) is 47.4 Å².